The molecule has 4 rings (SSSR count). The summed E-state index contributed by atoms with van der Waals surface area (Å²) in [6.07, 6.45) is -4.90. The number of anilines is 1. The van der Waals surface area contributed by atoms with E-state index in [-0.39, 0.29) is 29.5 Å². The average Bonchev–Trinajstić information content (AvgIpc) is 3.26. The van der Waals surface area contributed by atoms with Crippen molar-refractivity contribution >= 4 is 23.3 Å². The van der Waals surface area contributed by atoms with Crippen LogP contribution < -0.4 is 15.4 Å². The van der Waals surface area contributed by atoms with Crippen LogP contribution in [0.4, 0.5) is 19.0 Å². The molecule has 12 heteroatoms. The Balaban J connectivity index is 1.63. The number of carbonyl (C=O) groups is 1. The SMILES string of the molecule is COc1ccc([C@H]2C[C@H](C(F)(F)F)n3nc(C(=O)NCc4c(C)nn(C)c4C)c(Cl)c3N2)cc1. The van der Waals surface area contributed by atoms with Crippen molar-refractivity contribution in [2.45, 2.75) is 45.1 Å². The molecular weight excluding hydrogens is 473 g/mol. The second kappa shape index (κ2) is 8.86. The molecule has 0 fully saturated rings. The highest BCUT2D eigenvalue weighted by Gasteiger charge is 2.47. The third-order valence-corrected chi connectivity index (χ3v) is 6.47. The summed E-state index contributed by atoms with van der Waals surface area (Å²) < 4.78 is 49.5. The van der Waals surface area contributed by atoms with Crippen LogP contribution in [0, 0.1) is 13.8 Å². The van der Waals surface area contributed by atoms with Gasteiger partial charge in [0.25, 0.3) is 5.91 Å². The number of rotatable bonds is 5. The van der Waals surface area contributed by atoms with Gasteiger partial charge in [0.1, 0.15) is 16.6 Å². The maximum Gasteiger partial charge on any atom is 0.410 e. The van der Waals surface area contributed by atoms with Crippen LogP contribution in [-0.2, 0) is 13.6 Å². The van der Waals surface area contributed by atoms with Crippen molar-refractivity contribution < 1.29 is 22.7 Å². The van der Waals surface area contributed by atoms with Gasteiger partial charge in [0.15, 0.2) is 11.7 Å². The van der Waals surface area contributed by atoms with Crippen molar-refractivity contribution in [3.8, 4) is 5.75 Å². The highest BCUT2D eigenvalue weighted by molar-refractivity contribution is 6.36. The maximum atomic E-state index is 14.0. The lowest BCUT2D eigenvalue weighted by Gasteiger charge is -2.33. The van der Waals surface area contributed by atoms with Gasteiger partial charge in [0, 0.05) is 31.3 Å². The van der Waals surface area contributed by atoms with Crippen molar-refractivity contribution in [2.75, 3.05) is 12.4 Å². The minimum atomic E-state index is -4.59. The molecule has 1 amide bonds. The zero-order valence-electron chi connectivity index (χ0n) is 19.0. The van der Waals surface area contributed by atoms with Gasteiger partial charge >= 0.3 is 6.18 Å². The normalized spacial score (nSPS) is 17.8. The number of alkyl halides is 3. The second-order valence-electron chi connectivity index (χ2n) is 8.17. The van der Waals surface area contributed by atoms with Gasteiger partial charge in [0.2, 0.25) is 0 Å². The third-order valence-electron chi connectivity index (χ3n) is 6.11. The van der Waals surface area contributed by atoms with Crippen LogP contribution in [0.25, 0.3) is 0 Å². The molecule has 0 radical (unpaired) electrons. The van der Waals surface area contributed by atoms with Crippen molar-refractivity contribution in [3.05, 3.63) is 57.5 Å². The average molecular weight is 497 g/mol. The van der Waals surface area contributed by atoms with E-state index in [1.54, 1.807) is 36.0 Å². The molecule has 2 aromatic heterocycles. The lowest BCUT2D eigenvalue weighted by molar-refractivity contribution is -0.173. The highest BCUT2D eigenvalue weighted by atomic mass is 35.5. The van der Waals surface area contributed by atoms with Crippen LogP contribution in [0.1, 0.15) is 51.5 Å². The largest absolute Gasteiger partial charge is 0.497 e. The zero-order valence-corrected chi connectivity index (χ0v) is 19.8. The summed E-state index contributed by atoms with van der Waals surface area (Å²) in [5.74, 6) is -0.124. The van der Waals surface area contributed by atoms with Crippen LogP contribution in [-0.4, -0.2) is 38.8 Å². The number of aryl methyl sites for hydroxylation is 2. The number of hydrogen-bond acceptors (Lipinski definition) is 5. The lowest BCUT2D eigenvalue weighted by atomic mass is 9.97. The first kappa shape index (κ1) is 23.9. The molecule has 0 aliphatic carbocycles. The molecule has 182 valence electrons. The maximum absolute atomic E-state index is 14.0. The molecule has 0 saturated carbocycles. The number of aromatic nitrogens is 4. The van der Waals surface area contributed by atoms with Crippen molar-refractivity contribution in [2.24, 2.45) is 7.05 Å². The van der Waals surface area contributed by atoms with E-state index < -0.39 is 24.2 Å². The molecule has 0 unspecified atom stereocenters. The molecule has 0 bridgehead atoms. The Morgan fingerprint density at radius 3 is 2.50 bits per heavy atom. The van der Waals surface area contributed by atoms with Crippen molar-refractivity contribution in [1.82, 2.24) is 24.9 Å². The van der Waals surface area contributed by atoms with Gasteiger partial charge in [0.05, 0.1) is 18.8 Å². The number of benzene rings is 1. The fourth-order valence-electron chi connectivity index (χ4n) is 4.12. The number of methoxy groups -OCH3 is 1. The summed E-state index contributed by atoms with van der Waals surface area (Å²) in [5.41, 5.74) is 2.80. The zero-order chi connectivity index (χ0) is 24.8. The van der Waals surface area contributed by atoms with E-state index in [0.29, 0.717) is 11.3 Å². The van der Waals surface area contributed by atoms with Gasteiger partial charge in [-0.05, 0) is 31.5 Å². The monoisotopic (exact) mass is 496 g/mol. The molecule has 34 heavy (non-hydrogen) atoms. The molecule has 2 N–H and O–H groups in total. The Morgan fingerprint density at radius 2 is 1.94 bits per heavy atom. The smallest absolute Gasteiger partial charge is 0.410 e. The van der Waals surface area contributed by atoms with Crippen LogP contribution in [0.5, 0.6) is 5.75 Å². The molecule has 1 aliphatic rings. The van der Waals surface area contributed by atoms with E-state index in [0.717, 1.165) is 21.6 Å². The lowest BCUT2D eigenvalue weighted by Crippen LogP contribution is -2.35. The number of carbonyl (C=O) groups excluding carboxylic acids is 1. The van der Waals surface area contributed by atoms with E-state index >= 15 is 0 Å². The molecule has 2 atom stereocenters. The fourth-order valence-corrected chi connectivity index (χ4v) is 4.38. The summed E-state index contributed by atoms with van der Waals surface area (Å²) in [6, 6.07) is 4.10. The van der Waals surface area contributed by atoms with Gasteiger partial charge in [-0.15, -0.1) is 0 Å². The molecule has 0 saturated heterocycles. The van der Waals surface area contributed by atoms with E-state index in [2.05, 4.69) is 20.8 Å². The van der Waals surface area contributed by atoms with E-state index in [4.69, 9.17) is 16.3 Å². The standard InChI is InChI=1S/C22H24ClF3N6O2/c1-11-15(12(2)31(3)29-11)10-27-21(33)19-18(23)20-28-16(13-5-7-14(34-4)8-6-13)9-17(22(24,25)26)32(20)30-19/h5-8,16-17,28H,9-10H2,1-4H3,(H,27,33)/t16-,17-/m1/s1. The Bertz CT molecular complexity index is 1220. The van der Waals surface area contributed by atoms with Gasteiger partial charge in [-0.3, -0.25) is 9.48 Å². The third kappa shape index (κ3) is 4.31. The Labute approximate surface area is 199 Å². The van der Waals surface area contributed by atoms with Crippen molar-refractivity contribution in [3.63, 3.8) is 0 Å². The minimum absolute atomic E-state index is 0.0463. The van der Waals surface area contributed by atoms with Crippen LogP contribution in [0.15, 0.2) is 24.3 Å². The Morgan fingerprint density at radius 1 is 1.26 bits per heavy atom. The van der Waals surface area contributed by atoms with Gasteiger partial charge in [-0.2, -0.15) is 23.4 Å². The van der Waals surface area contributed by atoms with Gasteiger partial charge < -0.3 is 15.4 Å². The number of amides is 1. The van der Waals surface area contributed by atoms with Gasteiger partial charge in [-0.25, -0.2) is 4.68 Å². The second-order valence-corrected chi connectivity index (χ2v) is 8.55. The molecule has 3 heterocycles. The first-order valence-corrected chi connectivity index (χ1v) is 10.9. The highest BCUT2D eigenvalue weighted by Crippen LogP contribution is 2.46. The quantitative estimate of drug-likeness (QED) is 0.544. The first-order valence-electron chi connectivity index (χ1n) is 10.5. The van der Waals surface area contributed by atoms with E-state index in [1.165, 1.54) is 7.11 Å². The van der Waals surface area contributed by atoms with Gasteiger partial charge in [-0.1, -0.05) is 23.7 Å². The minimum Gasteiger partial charge on any atom is -0.497 e. The topological polar surface area (TPSA) is 86.0 Å². The molecule has 8 nitrogen and oxygen atoms in total. The summed E-state index contributed by atoms with van der Waals surface area (Å²) in [4.78, 5) is 12.8. The van der Waals surface area contributed by atoms with E-state index in [1.807, 2.05) is 13.8 Å². The fraction of sp³-hybridized carbons (Fsp3) is 0.409. The predicted octanol–water partition coefficient (Wildman–Crippen LogP) is 4.49. The Hall–Kier alpha value is -3.21. The molecule has 1 aromatic carbocycles. The number of fused-ring (bicyclic) bond motifs is 1. The number of halogens is 4. The summed E-state index contributed by atoms with van der Waals surface area (Å²) in [6.45, 7) is 3.82. The van der Waals surface area contributed by atoms with E-state index in [9.17, 15) is 18.0 Å². The number of nitrogens with zero attached hydrogens (tertiary/aromatic N) is 4. The number of hydrogen-bond donors (Lipinski definition) is 2. The summed E-state index contributed by atoms with van der Waals surface area (Å²) in [7, 11) is 3.30. The number of nitrogens with one attached hydrogen (secondary N) is 2. The van der Waals surface area contributed by atoms with Crippen LogP contribution in [0.2, 0.25) is 5.02 Å². The molecule has 1 aliphatic heterocycles. The molecule has 3 aromatic rings. The summed E-state index contributed by atoms with van der Waals surface area (Å²) in [5, 5.41) is 13.8. The first-order chi connectivity index (χ1) is 16.0. The van der Waals surface area contributed by atoms with Crippen LogP contribution >= 0.6 is 11.6 Å². The Kier molecular flexibility index (Phi) is 6.24. The number of ether oxygens (including phenoxy) is 1. The molecular formula is C22H24ClF3N6O2. The van der Waals surface area contributed by atoms with Crippen molar-refractivity contribution in [1.29, 1.82) is 0 Å². The summed E-state index contributed by atoms with van der Waals surface area (Å²) >= 11 is 6.39. The predicted molar refractivity (Wildman–Crippen MR) is 120 cm³/mol. The van der Waals surface area contributed by atoms with Crippen LogP contribution in [0.3, 0.4) is 0 Å². The molecule has 0 spiro atoms.